The number of urea groups is 1. The fourth-order valence-corrected chi connectivity index (χ4v) is 3.30. The van der Waals surface area contributed by atoms with Crippen LogP contribution in [0.15, 0.2) is 47.0 Å². The Kier molecular flexibility index (Phi) is 4.39. The number of amides is 2. The van der Waals surface area contributed by atoms with Gasteiger partial charge in [0.05, 0.1) is 0 Å². The molecule has 0 unspecified atom stereocenters. The number of carbonyl (C=O) groups is 1. The lowest BCUT2D eigenvalue weighted by Gasteiger charge is -2.19. The lowest BCUT2D eigenvalue weighted by Crippen LogP contribution is -2.21. The van der Waals surface area contributed by atoms with Crippen molar-refractivity contribution in [3.05, 3.63) is 59.5 Å². The highest BCUT2D eigenvalue weighted by Crippen LogP contribution is 2.28. The van der Waals surface area contributed by atoms with E-state index in [0.717, 1.165) is 24.1 Å². The number of rotatable bonds is 3. The third kappa shape index (κ3) is 3.44. The minimum Gasteiger partial charge on any atom is -0.339 e. The van der Waals surface area contributed by atoms with E-state index >= 15 is 0 Å². The van der Waals surface area contributed by atoms with Crippen molar-refractivity contribution >= 4 is 17.4 Å². The van der Waals surface area contributed by atoms with Gasteiger partial charge in [0.1, 0.15) is 0 Å². The molecule has 3 aromatic rings. The van der Waals surface area contributed by atoms with Crippen molar-refractivity contribution in [1.82, 2.24) is 10.1 Å². The predicted molar refractivity (Wildman–Crippen MR) is 100 cm³/mol. The number of hydrogen-bond acceptors (Lipinski definition) is 4. The molecule has 0 saturated heterocycles. The van der Waals surface area contributed by atoms with E-state index in [4.69, 9.17) is 4.52 Å². The molecule has 0 radical (unpaired) electrons. The molecule has 0 saturated carbocycles. The van der Waals surface area contributed by atoms with E-state index in [0.29, 0.717) is 17.4 Å². The second-order valence-corrected chi connectivity index (χ2v) is 6.44. The van der Waals surface area contributed by atoms with Crippen molar-refractivity contribution in [2.45, 2.75) is 32.6 Å². The molecule has 0 bridgehead atoms. The number of hydrogen-bond donors (Lipinski definition) is 2. The Morgan fingerprint density at radius 2 is 1.85 bits per heavy atom. The quantitative estimate of drug-likeness (QED) is 0.727. The minimum absolute atomic E-state index is 0.243. The molecule has 1 aliphatic carbocycles. The van der Waals surface area contributed by atoms with E-state index in [1.807, 2.05) is 36.4 Å². The number of carbonyl (C=O) groups excluding carboxylic acids is 1. The third-order valence-corrected chi connectivity index (χ3v) is 4.57. The molecule has 1 aliphatic rings. The van der Waals surface area contributed by atoms with Crippen LogP contribution < -0.4 is 10.6 Å². The molecular formula is C20H20N4O2. The summed E-state index contributed by atoms with van der Waals surface area (Å²) in [6.07, 6.45) is 4.49. The average Bonchev–Trinajstić information content (AvgIpc) is 3.09. The summed E-state index contributed by atoms with van der Waals surface area (Å²) in [5, 5.41) is 9.73. The molecule has 1 aromatic heterocycles. The number of fused-ring (bicyclic) bond motifs is 1. The van der Waals surface area contributed by atoms with Gasteiger partial charge in [-0.1, -0.05) is 17.3 Å². The van der Waals surface area contributed by atoms with Gasteiger partial charge in [-0.25, -0.2) is 4.79 Å². The molecule has 26 heavy (non-hydrogen) atoms. The fourth-order valence-electron chi connectivity index (χ4n) is 3.30. The highest BCUT2D eigenvalue weighted by Gasteiger charge is 2.14. The summed E-state index contributed by atoms with van der Waals surface area (Å²) in [5.41, 5.74) is 5.05. The van der Waals surface area contributed by atoms with Crippen LogP contribution in [-0.2, 0) is 12.8 Å². The number of aryl methyl sites for hydroxylation is 2. The van der Waals surface area contributed by atoms with E-state index in [1.165, 1.54) is 24.0 Å². The standard InChI is InChI=1S/C20H20N4O2/c1-13-21-19(24-26-13)15-9-11-16(12-10-15)22-20(25)23-18-8-4-6-14-5-2-3-7-17(14)18/h4,6,8-12H,2-3,5,7H2,1H3,(H2,22,23,25). The van der Waals surface area contributed by atoms with Gasteiger partial charge in [-0.15, -0.1) is 0 Å². The third-order valence-electron chi connectivity index (χ3n) is 4.57. The first-order valence-electron chi connectivity index (χ1n) is 8.78. The Balaban J connectivity index is 1.44. The maximum atomic E-state index is 12.4. The largest absolute Gasteiger partial charge is 0.339 e. The van der Waals surface area contributed by atoms with Crippen molar-refractivity contribution < 1.29 is 9.32 Å². The first-order valence-corrected chi connectivity index (χ1v) is 8.78. The number of benzene rings is 2. The lowest BCUT2D eigenvalue weighted by molar-refractivity contribution is 0.262. The lowest BCUT2D eigenvalue weighted by atomic mass is 9.90. The SMILES string of the molecule is Cc1nc(-c2ccc(NC(=O)Nc3cccc4c3CCCC4)cc2)no1. The van der Waals surface area contributed by atoms with Crippen LogP contribution in [0.2, 0.25) is 0 Å². The van der Waals surface area contributed by atoms with Crippen molar-refractivity contribution in [2.75, 3.05) is 10.6 Å². The molecule has 1 heterocycles. The zero-order valence-electron chi connectivity index (χ0n) is 14.6. The Hall–Kier alpha value is -3.15. The molecule has 2 amide bonds. The van der Waals surface area contributed by atoms with Crippen LogP contribution in [0, 0.1) is 6.92 Å². The summed E-state index contributed by atoms with van der Waals surface area (Å²) in [6.45, 7) is 1.75. The van der Waals surface area contributed by atoms with Crippen LogP contribution in [0.1, 0.15) is 29.9 Å². The van der Waals surface area contributed by atoms with E-state index in [9.17, 15) is 4.79 Å². The van der Waals surface area contributed by atoms with Crippen molar-refractivity contribution in [3.63, 3.8) is 0 Å². The van der Waals surface area contributed by atoms with E-state index < -0.39 is 0 Å². The normalized spacial score (nSPS) is 13.1. The molecule has 4 rings (SSSR count). The highest BCUT2D eigenvalue weighted by atomic mass is 16.5. The van der Waals surface area contributed by atoms with Crippen LogP contribution in [-0.4, -0.2) is 16.2 Å². The van der Waals surface area contributed by atoms with Crippen molar-refractivity contribution in [1.29, 1.82) is 0 Å². The molecular weight excluding hydrogens is 328 g/mol. The molecule has 0 aliphatic heterocycles. The van der Waals surface area contributed by atoms with Crippen LogP contribution in [0.4, 0.5) is 16.2 Å². The first-order chi connectivity index (χ1) is 12.7. The van der Waals surface area contributed by atoms with E-state index in [1.54, 1.807) is 6.92 Å². The van der Waals surface area contributed by atoms with Crippen LogP contribution in [0.25, 0.3) is 11.4 Å². The van der Waals surface area contributed by atoms with Gasteiger partial charge < -0.3 is 15.2 Å². The van der Waals surface area contributed by atoms with Crippen LogP contribution in [0.5, 0.6) is 0 Å². The smallest absolute Gasteiger partial charge is 0.323 e. The summed E-state index contributed by atoms with van der Waals surface area (Å²) in [6, 6.07) is 13.2. The predicted octanol–water partition coefficient (Wildman–Crippen LogP) is 4.57. The number of anilines is 2. The Morgan fingerprint density at radius 3 is 2.62 bits per heavy atom. The number of aromatic nitrogens is 2. The van der Waals surface area contributed by atoms with Crippen LogP contribution >= 0.6 is 0 Å². The Labute approximate surface area is 151 Å². The average molecular weight is 348 g/mol. The second kappa shape index (κ2) is 7.00. The number of nitrogens with zero attached hydrogens (tertiary/aromatic N) is 2. The Bertz CT molecular complexity index is 931. The fraction of sp³-hybridized carbons (Fsp3) is 0.250. The molecule has 0 atom stereocenters. The maximum absolute atomic E-state index is 12.4. The van der Waals surface area contributed by atoms with Gasteiger partial charge in [-0.05, 0) is 67.1 Å². The zero-order chi connectivity index (χ0) is 17.9. The van der Waals surface area contributed by atoms with Gasteiger partial charge in [0.15, 0.2) is 0 Å². The van der Waals surface area contributed by atoms with Gasteiger partial charge in [-0.2, -0.15) is 4.98 Å². The highest BCUT2D eigenvalue weighted by molar-refractivity contribution is 6.00. The summed E-state index contributed by atoms with van der Waals surface area (Å²) in [7, 11) is 0. The van der Waals surface area contributed by atoms with Gasteiger partial charge in [-0.3, -0.25) is 0 Å². The van der Waals surface area contributed by atoms with Gasteiger partial charge >= 0.3 is 6.03 Å². The minimum atomic E-state index is -0.243. The molecule has 0 fully saturated rings. The second-order valence-electron chi connectivity index (χ2n) is 6.44. The van der Waals surface area contributed by atoms with Crippen molar-refractivity contribution in [3.8, 4) is 11.4 Å². The van der Waals surface area contributed by atoms with Gasteiger partial charge in [0, 0.05) is 23.9 Å². The molecule has 0 spiro atoms. The van der Waals surface area contributed by atoms with Gasteiger partial charge in [0.2, 0.25) is 11.7 Å². The number of nitrogens with one attached hydrogen (secondary N) is 2. The molecule has 2 N–H and O–H groups in total. The topological polar surface area (TPSA) is 80.0 Å². The molecule has 132 valence electrons. The monoisotopic (exact) mass is 348 g/mol. The molecule has 2 aromatic carbocycles. The van der Waals surface area contributed by atoms with Gasteiger partial charge in [0.25, 0.3) is 0 Å². The Morgan fingerprint density at radius 1 is 1.04 bits per heavy atom. The summed E-state index contributed by atoms with van der Waals surface area (Å²) in [5.74, 6) is 1.06. The van der Waals surface area contributed by atoms with E-state index in [2.05, 4.69) is 26.8 Å². The summed E-state index contributed by atoms with van der Waals surface area (Å²) in [4.78, 5) is 16.6. The van der Waals surface area contributed by atoms with Crippen molar-refractivity contribution in [2.24, 2.45) is 0 Å². The molecule has 6 nitrogen and oxygen atoms in total. The first kappa shape index (κ1) is 16.3. The summed E-state index contributed by atoms with van der Waals surface area (Å²) >= 11 is 0. The zero-order valence-corrected chi connectivity index (χ0v) is 14.6. The molecule has 6 heteroatoms. The van der Waals surface area contributed by atoms with E-state index in [-0.39, 0.29) is 6.03 Å². The van der Waals surface area contributed by atoms with Crippen LogP contribution in [0.3, 0.4) is 0 Å². The maximum Gasteiger partial charge on any atom is 0.323 e. The summed E-state index contributed by atoms with van der Waals surface area (Å²) < 4.78 is 4.98.